The molecule has 34 heavy (non-hydrogen) atoms. The monoisotopic (exact) mass is 474 g/mol. The topological polar surface area (TPSA) is 43.8 Å². The van der Waals surface area contributed by atoms with Gasteiger partial charge in [-0.15, -0.1) is 0 Å². The highest BCUT2D eigenvalue weighted by molar-refractivity contribution is 7.80. The Labute approximate surface area is 203 Å². The molecule has 0 amide bonds. The Bertz CT molecular complexity index is 1120. The minimum Gasteiger partial charge on any atom is -0.386 e. The van der Waals surface area contributed by atoms with Gasteiger partial charge in [-0.25, -0.2) is 0 Å². The Kier molecular flexibility index (Phi) is 5.96. The zero-order valence-corrected chi connectivity index (χ0v) is 21.2. The van der Waals surface area contributed by atoms with E-state index in [9.17, 15) is 5.11 Å². The van der Waals surface area contributed by atoms with Crippen molar-refractivity contribution < 1.29 is 9.67 Å². The second-order valence-electron chi connectivity index (χ2n) is 10.4. The van der Waals surface area contributed by atoms with Crippen molar-refractivity contribution in [1.29, 1.82) is 0 Å². The van der Waals surface area contributed by atoms with Gasteiger partial charge in [-0.3, -0.25) is 4.90 Å². The van der Waals surface area contributed by atoms with Gasteiger partial charge in [0.1, 0.15) is 11.8 Å². The maximum absolute atomic E-state index is 15.4. The number of benzene rings is 3. The third-order valence-electron chi connectivity index (χ3n) is 8.30. The van der Waals surface area contributed by atoms with Crippen molar-refractivity contribution in [3.8, 4) is 0 Å². The molecule has 2 heterocycles. The van der Waals surface area contributed by atoms with Crippen LogP contribution in [0.25, 0.3) is 0 Å². The third kappa shape index (κ3) is 3.47. The van der Waals surface area contributed by atoms with E-state index in [0.717, 1.165) is 42.2 Å². The van der Waals surface area contributed by atoms with Crippen molar-refractivity contribution in [1.82, 2.24) is 4.90 Å². The number of hydrogen-bond acceptors (Lipinski definition) is 4. The highest BCUT2D eigenvalue weighted by Crippen LogP contribution is 2.62. The minimum absolute atomic E-state index is 0.266. The molecule has 3 aromatic carbocycles. The first-order chi connectivity index (χ1) is 16.3. The fourth-order valence-electron chi connectivity index (χ4n) is 6.08. The van der Waals surface area contributed by atoms with Crippen molar-refractivity contribution in [2.24, 2.45) is 0 Å². The average molecular weight is 475 g/mol. The Morgan fingerprint density at radius 3 is 1.85 bits per heavy atom. The van der Waals surface area contributed by atoms with Crippen molar-refractivity contribution in [3.63, 3.8) is 0 Å². The number of nitrogens with zero attached hydrogens (tertiary/aromatic N) is 2. The molecule has 5 heteroatoms. The van der Waals surface area contributed by atoms with E-state index >= 15 is 4.57 Å². The summed E-state index contributed by atoms with van der Waals surface area (Å²) in [5.41, 5.74) is -0.171. The molecule has 3 atom stereocenters. The van der Waals surface area contributed by atoms with Gasteiger partial charge in [0.15, 0.2) is 7.14 Å². The van der Waals surface area contributed by atoms with E-state index in [1.54, 1.807) is 0 Å². The first kappa shape index (κ1) is 23.4. The molecule has 0 unspecified atom stereocenters. The van der Waals surface area contributed by atoms with Crippen LogP contribution in [0.1, 0.15) is 33.6 Å². The molecule has 178 valence electrons. The molecule has 0 radical (unpaired) electrons. The highest BCUT2D eigenvalue weighted by Gasteiger charge is 2.62. The lowest BCUT2D eigenvalue weighted by atomic mass is 9.86. The Balaban J connectivity index is 1.67. The maximum atomic E-state index is 15.4. The molecule has 1 N–H and O–H groups in total. The molecule has 0 aromatic heterocycles. The maximum Gasteiger partial charge on any atom is 0.151 e. The highest BCUT2D eigenvalue weighted by atomic mass is 31.2. The zero-order valence-electron chi connectivity index (χ0n) is 20.3. The van der Waals surface area contributed by atoms with Crippen LogP contribution in [-0.4, -0.2) is 46.1 Å². The molecule has 4 nitrogen and oxygen atoms in total. The van der Waals surface area contributed by atoms with Gasteiger partial charge < -0.3 is 14.6 Å². The van der Waals surface area contributed by atoms with Crippen molar-refractivity contribution in [2.45, 2.75) is 56.6 Å². The Hall–Kier alpha value is -2.39. The summed E-state index contributed by atoms with van der Waals surface area (Å²) in [4.78, 5) is 4.79. The van der Waals surface area contributed by atoms with Crippen LogP contribution in [0.2, 0.25) is 0 Å². The zero-order chi connectivity index (χ0) is 24.0. The fourth-order valence-corrected chi connectivity index (χ4v) is 9.61. The first-order valence-electron chi connectivity index (χ1n) is 12.3. The number of fused-ring (bicyclic) bond motifs is 1. The molecule has 2 aliphatic heterocycles. The molecule has 2 fully saturated rings. The largest absolute Gasteiger partial charge is 0.386 e. The molecule has 0 bridgehead atoms. The van der Waals surface area contributed by atoms with Crippen LogP contribution in [0.5, 0.6) is 0 Å². The van der Waals surface area contributed by atoms with E-state index in [-0.39, 0.29) is 6.17 Å². The summed E-state index contributed by atoms with van der Waals surface area (Å²) in [7, 11) is -3.26. The summed E-state index contributed by atoms with van der Waals surface area (Å²) >= 11 is 0. The number of para-hydroxylation sites is 1. The van der Waals surface area contributed by atoms with Gasteiger partial charge in [0.05, 0.1) is 5.16 Å². The van der Waals surface area contributed by atoms with Crippen LogP contribution >= 0.6 is 7.14 Å². The van der Waals surface area contributed by atoms with Gasteiger partial charge in [-0.2, -0.15) is 0 Å². The number of hydrogen-bond donors (Lipinski definition) is 1. The number of anilines is 1. The van der Waals surface area contributed by atoms with Crippen LogP contribution in [0.3, 0.4) is 0 Å². The second-order valence-corrected chi connectivity index (χ2v) is 13.8. The van der Waals surface area contributed by atoms with Gasteiger partial charge in [-0.1, -0.05) is 78.9 Å². The molecule has 0 saturated carbocycles. The van der Waals surface area contributed by atoms with Gasteiger partial charge in [0, 0.05) is 35.4 Å². The van der Waals surface area contributed by atoms with Crippen molar-refractivity contribution >= 4 is 23.4 Å². The van der Waals surface area contributed by atoms with Crippen molar-refractivity contribution in [2.75, 3.05) is 18.0 Å². The SMILES string of the molecule is CC(C)([C@](C)(O)[C@H]1N(c2ccccc2)C[C@@H]2CCCN21)P(=O)(c1ccccc1)c1ccccc1. The Morgan fingerprint density at radius 1 is 0.824 bits per heavy atom. The molecular weight excluding hydrogens is 439 g/mol. The molecule has 3 aromatic rings. The summed E-state index contributed by atoms with van der Waals surface area (Å²) in [5.74, 6) is 0. The standard InChI is InChI=1S/C29H35N2O2P/c1-28(2,34(33,25-17-9-5-10-18-25)26-19-11-6-12-20-26)29(3,32)27-30-21-13-16-24(30)22-31(27)23-14-7-4-8-15-23/h4-12,14-15,17-20,24,27,32H,13,16,21-22H2,1-3H3/t24-,27+,29+/m0/s1. The Morgan fingerprint density at radius 2 is 1.32 bits per heavy atom. The lowest BCUT2D eigenvalue weighted by Crippen LogP contribution is -2.65. The van der Waals surface area contributed by atoms with Gasteiger partial charge >= 0.3 is 0 Å². The van der Waals surface area contributed by atoms with E-state index < -0.39 is 17.9 Å². The molecule has 0 spiro atoms. The second kappa shape index (κ2) is 8.68. The molecule has 5 rings (SSSR count). The number of rotatable bonds is 6. The molecular formula is C29H35N2O2P. The lowest BCUT2D eigenvalue weighted by Gasteiger charge is -2.52. The van der Waals surface area contributed by atoms with Crippen LogP contribution in [0.4, 0.5) is 5.69 Å². The predicted octanol–water partition coefficient (Wildman–Crippen LogP) is 4.84. The normalized spacial score (nSPS) is 23.0. The summed E-state index contributed by atoms with van der Waals surface area (Å²) in [6.45, 7) is 7.74. The van der Waals surface area contributed by atoms with E-state index in [4.69, 9.17) is 0 Å². The van der Waals surface area contributed by atoms with E-state index in [1.165, 1.54) is 0 Å². The van der Waals surface area contributed by atoms with E-state index in [1.807, 2.05) is 87.5 Å². The van der Waals surface area contributed by atoms with Crippen LogP contribution in [-0.2, 0) is 4.57 Å². The van der Waals surface area contributed by atoms with Crippen LogP contribution in [0.15, 0.2) is 91.0 Å². The average Bonchev–Trinajstić information content (AvgIpc) is 3.46. The quantitative estimate of drug-likeness (QED) is 0.519. The van der Waals surface area contributed by atoms with E-state index in [0.29, 0.717) is 6.04 Å². The predicted molar refractivity (Wildman–Crippen MR) is 142 cm³/mol. The summed E-state index contributed by atoms with van der Waals surface area (Å²) in [5, 5.41) is 13.2. The minimum atomic E-state index is -3.26. The first-order valence-corrected chi connectivity index (χ1v) is 14.0. The molecule has 0 aliphatic carbocycles. The summed E-state index contributed by atoms with van der Waals surface area (Å²) in [6, 6.07) is 30.2. The third-order valence-corrected chi connectivity index (χ3v) is 12.4. The summed E-state index contributed by atoms with van der Waals surface area (Å²) in [6.07, 6.45) is 2.00. The fraction of sp³-hybridized carbons (Fsp3) is 0.379. The lowest BCUT2D eigenvalue weighted by molar-refractivity contribution is -0.0434. The number of aliphatic hydroxyl groups is 1. The van der Waals surface area contributed by atoms with Gasteiger partial charge in [-0.05, 0) is 45.7 Å². The molecule has 2 saturated heterocycles. The van der Waals surface area contributed by atoms with Crippen LogP contribution in [0, 0.1) is 0 Å². The molecule has 2 aliphatic rings. The van der Waals surface area contributed by atoms with E-state index in [2.05, 4.69) is 34.1 Å². The smallest absolute Gasteiger partial charge is 0.151 e. The van der Waals surface area contributed by atoms with Crippen molar-refractivity contribution in [3.05, 3.63) is 91.0 Å². The van der Waals surface area contributed by atoms with Gasteiger partial charge in [0.25, 0.3) is 0 Å². The van der Waals surface area contributed by atoms with Gasteiger partial charge in [0.2, 0.25) is 0 Å². The summed E-state index contributed by atoms with van der Waals surface area (Å²) < 4.78 is 15.4. The van der Waals surface area contributed by atoms with Crippen LogP contribution < -0.4 is 15.5 Å².